The molecule has 1 saturated heterocycles. The summed E-state index contributed by atoms with van der Waals surface area (Å²) >= 11 is 0. The number of halogens is 1. The van der Waals surface area contributed by atoms with Crippen LogP contribution in [0.25, 0.3) is 0 Å². The maximum Gasteiger partial charge on any atom is 0.343 e. The van der Waals surface area contributed by atoms with Gasteiger partial charge in [0.25, 0.3) is 5.91 Å². The second-order valence-corrected chi connectivity index (χ2v) is 6.40. The van der Waals surface area contributed by atoms with Crippen molar-refractivity contribution in [3.05, 3.63) is 40.3 Å². The second-order valence-electron chi connectivity index (χ2n) is 6.40. The van der Waals surface area contributed by atoms with Crippen LogP contribution in [-0.2, 0) is 7.05 Å². The van der Waals surface area contributed by atoms with Crippen molar-refractivity contribution >= 4 is 5.91 Å². The Hall–Kier alpha value is -2.58. The number of rotatable bonds is 3. The van der Waals surface area contributed by atoms with E-state index < -0.39 is 5.82 Å². The summed E-state index contributed by atoms with van der Waals surface area (Å²) < 4.78 is 14.4. The fourth-order valence-corrected chi connectivity index (χ4v) is 3.57. The highest BCUT2D eigenvalue weighted by Gasteiger charge is 2.48. The lowest BCUT2D eigenvalue weighted by molar-refractivity contribution is 0.0689. The molecular weight excluding hydrogens is 315 g/mol. The molecule has 4 rings (SSSR count). The largest absolute Gasteiger partial charge is 0.343 e. The van der Waals surface area contributed by atoms with Gasteiger partial charge in [-0.2, -0.15) is 5.10 Å². The fourth-order valence-electron chi connectivity index (χ4n) is 3.57. The molecule has 1 saturated carbocycles. The summed E-state index contributed by atoms with van der Waals surface area (Å²) in [6.07, 6.45) is 5.08. The minimum absolute atomic E-state index is 0.0432. The molecule has 126 valence electrons. The standard InChI is InChI=1S/C15H17FN6O2/c1-21-13(19-20-15(21)24)11-10(8-2-3-8)4-5-22(11)14(23)12-17-6-9(16)7-18-12/h6-8,10-11H,2-5H2,1H3,(H,20,24). The van der Waals surface area contributed by atoms with E-state index in [0.29, 0.717) is 18.3 Å². The van der Waals surface area contributed by atoms with Crippen molar-refractivity contribution in [3.8, 4) is 0 Å². The van der Waals surface area contributed by atoms with E-state index in [9.17, 15) is 14.0 Å². The molecule has 2 aliphatic rings. The summed E-state index contributed by atoms with van der Waals surface area (Å²) in [6, 6.07) is -0.289. The van der Waals surface area contributed by atoms with Gasteiger partial charge in [-0.05, 0) is 31.1 Å². The van der Waals surface area contributed by atoms with E-state index in [-0.39, 0.29) is 29.4 Å². The highest BCUT2D eigenvalue weighted by atomic mass is 19.1. The van der Waals surface area contributed by atoms with Crippen LogP contribution in [0, 0.1) is 17.7 Å². The zero-order valence-corrected chi connectivity index (χ0v) is 13.1. The SMILES string of the molecule is Cn1c(C2C(C3CC3)CCN2C(=O)c2ncc(F)cn2)n[nH]c1=O. The topological polar surface area (TPSA) is 96.8 Å². The van der Waals surface area contributed by atoms with Gasteiger partial charge in [0, 0.05) is 13.6 Å². The van der Waals surface area contributed by atoms with E-state index in [0.717, 1.165) is 31.7 Å². The molecule has 0 spiro atoms. The van der Waals surface area contributed by atoms with Crippen molar-refractivity contribution in [1.29, 1.82) is 0 Å². The van der Waals surface area contributed by atoms with Crippen molar-refractivity contribution in [3.63, 3.8) is 0 Å². The van der Waals surface area contributed by atoms with Crippen LogP contribution in [0.1, 0.15) is 41.7 Å². The Morgan fingerprint density at radius 2 is 2.00 bits per heavy atom. The number of carbonyl (C=O) groups is 1. The summed E-state index contributed by atoms with van der Waals surface area (Å²) in [7, 11) is 1.64. The van der Waals surface area contributed by atoms with Gasteiger partial charge >= 0.3 is 5.69 Å². The number of nitrogens with one attached hydrogen (secondary N) is 1. The number of amides is 1. The number of nitrogens with zero attached hydrogens (tertiary/aromatic N) is 5. The van der Waals surface area contributed by atoms with Crippen molar-refractivity contribution in [2.45, 2.75) is 25.3 Å². The minimum Gasteiger partial charge on any atom is -0.325 e. The summed E-state index contributed by atoms with van der Waals surface area (Å²) in [5.41, 5.74) is -0.308. The normalized spacial score (nSPS) is 23.7. The number of carbonyl (C=O) groups excluding carboxylic acids is 1. The van der Waals surface area contributed by atoms with E-state index in [1.165, 1.54) is 4.57 Å². The van der Waals surface area contributed by atoms with Gasteiger partial charge in [-0.3, -0.25) is 9.36 Å². The molecule has 1 aliphatic carbocycles. The number of aromatic amines is 1. The predicted octanol–water partition coefficient (Wildman–Crippen LogP) is 0.651. The first-order chi connectivity index (χ1) is 11.6. The van der Waals surface area contributed by atoms with Crippen LogP contribution in [0.5, 0.6) is 0 Å². The molecule has 2 aromatic heterocycles. The molecule has 3 heterocycles. The Balaban J connectivity index is 1.70. The molecule has 24 heavy (non-hydrogen) atoms. The Kier molecular flexibility index (Phi) is 3.43. The average Bonchev–Trinajstić information content (AvgIpc) is 3.26. The fraction of sp³-hybridized carbons (Fsp3) is 0.533. The molecule has 9 heteroatoms. The maximum atomic E-state index is 13.0. The number of hydrogen-bond acceptors (Lipinski definition) is 5. The van der Waals surface area contributed by atoms with Gasteiger partial charge in [-0.1, -0.05) is 0 Å². The van der Waals surface area contributed by atoms with Gasteiger partial charge in [0.05, 0.1) is 18.4 Å². The van der Waals surface area contributed by atoms with Gasteiger partial charge in [-0.15, -0.1) is 0 Å². The number of H-pyrrole nitrogens is 1. The molecule has 0 bridgehead atoms. The van der Waals surface area contributed by atoms with Gasteiger partial charge in [0.15, 0.2) is 11.6 Å². The molecule has 1 N–H and O–H groups in total. The van der Waals surface area contributed by atoms with Crippen LogP contribution in [0.3, 0.4) is 0 Å². The summed E-state index contributed by atoms with van der Waals surface area (Å²) in [4.78, 5) is 33.8. The Morgan fingerprint density at radius 1 is 1.29 bits per heavy atom. The monoisotopic (exact) mass is 332 g/mol. The van der Waals surface area contributed by atoms with Gasteiger partial charge < -0.3 is 4.90 Å². The highest BCUT2D eigenvalue weighted by Crippen LogP contribution is 2.50. The zero-order valence-electron chi connectivity index (χ0n) is 13.1. The lowest BCUT2D eigenvalue weighted by atomic mass is 9.94. The van der Waals surface area contributed by atoms with Crippen molar-refractivity contribution < 1.29 is 9.18 Å². The van der Waals surface area contributed by atoms with Crippen LogP contribution < -0.4 is 5.69 Å². The average molecular weight is 332 g/mol. The lowest BCUT2D eigenvalue weighted by Crippen LogP contribution is -2.35. The number of hydrogen-bond donors (Lipinski definition) is 1. The third-order valence-corrected chi connectivity index (χ3v) is 4.92. The molecule has 1 aliphatic heterocycles. The molecule has 2 aromatic rings. The predicted molar refractivity (Wildman–Crippen MR) is 80.4 cm³/mol. The molecule has 0 radical (unpaired) electrons. The van der Waals surface area contributed by atoms with E-state index >= 15 is 0 Å². The Bertz CT molecular complexity index is 825. The van der Waals surface area contributed by atoms with Gasteiger partial charge in [0.2, 0.25) is 5.82 Å². The summed E-state index contributed by atoms with van der Waals surface area (Å²) in [5.74, 6) is 0.369. The van der Waals surface area contributed by atoms with Crippen molar-refractivity contribution in [1.82, 2.24) is 29.6 Å². The molecule has 2 fully saturated rings. The third kappa shape index (κ3) is 2.40. The number of likely N-dealkylation sites (tertiary alicyclic amines) is 1. The molecule has 2 unspecified atom stereocenters. The minimum atomic E-state index is -0.588. The summed E-state index contributed by atoms with van der Waals surface area (Å²) in [5, 5.41) is 6.57. The van der Waals surface area contributed by atoms with Gasteiger partial charge in [0.1, 0.15) is 0 Å². The first-order valence-corrected chi connectivity index (χ1v) is 7.96. The lowest BCUT2D eigenvalue weighted by Gasteiger charge is -2.26. The molecular formula is C15H17FN6O2. The van der Waals surface area contributed by atoms with E-state index in [1.807, 2.05) is 0 Å². The molecule has 0 aromatic carbocycles. The Morgan fingerprint density at radius 3 is 2.58 bits per heavy atom. The molecule has 8 nitrogen and oxygen atoms in total. The quantitative estimate of drug-likeness (QED) is 0.890. The first-order valence-electron chi connectivity index (χ1n) is 7.96. The summed E-state index contributed by atoms with van der Waals surface area (Å²) in [6.45, 7) is 0.548. The van der Waals surface area contributed by atoms with Gasteiger partial charge in [-0.25, -0.2) is 24.3 Å². The van der Waals surface area contributed by atoms with Crippen LogP contribution in [-0.4, -0.2) is 42.1 Å². The van der Waals surface area contributed by atoms with Crippen molar-refractivity contribution in [2.75, 3.05) is 6.54 Å². The van der Waals surface area contributed by atoms with E-state index in [4.69, 9.17) is 0 Å². The highest BCUT2D eigenvalue weighted by molar-refractivity contribution is 5.90. The van der Waals surface area contributed by atoms with Crippen LogP contribution in [0.2, 0.25) is 0 Å². The van der Waals surface area contributed by atoms with Crippen LogP contribution in [0.15, 0.2) is 17.2 Å². The maximum absolute atomic E-state index is 13.0. The molecule has 1 amide bonds. The first kappa shape index (κ1) is 15.0. The Labute approximate surface area is 136 Å². The third-order valence-electron chi connectivity index (χ3n) is 4.92. The van der Waals surface area contributed by atoms with Crippen LogP contribution in [0.4, 0.5) is 4.39 Å². The van der Waals surface area contributed by atoms with E-state index in [2.05, 4.69) is 20.2 Å². The number of aromatic nitrogens is 5. The second kappa shape index (κ2) is 5.50. The van der Waals surface area contributed by atoms with E-state index in [1.54, 1.807) is 11.9 Å². The van der Waals surface area contributed by atoms with Crippen LogP contribution >= 0.6 is 0 Å². The smallest absolute Gasteiger partial charge is 0.325 e. The van der Waals surface area contributed by atoms with Crippen molar-refractivity contribution in [2.24, 2.45) is 18.9 Å². The molecule has 2 atom stereocenters. The zero-order chi connectivity index (χ0) is 16.8.